The second-order valence-corrected chi connectivity index (χ2v) is 26.3. The number of pyridine rings is 2. The van der Waals surface area contributed by atoms with Crippen LogP contribution >= 0.6 is 47.0 Å². The number of aromatic nitrogens is 6. The van der Waals surface area contributed by atoms with Crippen molar-refractivity contribution in [3.63, 3.8) is 0 Å². The van der Waals surface area contributed by atoms with E-state index in [0.717, 1.165) is 74.5 Å². The molecular formula is C58H110N6O4S4. The van der Waals surface area contributed by atoms with E-state index in [4.69, 9.17) is 18.9 Å². The summed E-state index contributed by atoms with van der Waals surface area (Å²) >= 11 is 7.79. The van der Waals surface area contributed by atoms with E-state index >= 15 is 0 Å². The summed E-state index contributed by atoms with van der Waals surface area (Å²) in [6, 6.07) is 12.0. The molecule has 0 radical (unpaired) electrons. The minimum Gasteiger partial charge on any atom is -0.384 e. The smallest absolute Gasteiger partial charge is 0.0946 e. The maximum atomic E-state index is 5.41. The predicted molar refractivity (Wildman–Crippen MR) is 327 cm³/mol. The highest BCUT2D eigenvalue weighted by Gasteiger charge is 2.08. The first-order valence-electron chi connectivity index (χ1n) is 25.9. The van der Waals surface area contributed by atoms with Gasteiger partial charge in [-0.25, -0.2) is 9.97 Å². The molecule has 10 nitrogen and oxygen atoms in total. The number of thioether (sulfide) groups is 4. The molecule has 0 amide bonds. The molecule has 0 aromatic carbocycles. The third kappa shape index (κ3) is 70.0. The van der Waals surface area contributed by atoms with Gasteiger partial charge in [0.25, 0.3) is 0 Å². The lowest BCUT2D eigenvalue weighted by Crippen LogP contribution is -2.12. The first-order valence-corrected chi connectivity index (χ1v) is 30.8. The van der Waals surface area contributed by atoms with Crippen LogP contribution in [0.4, 0.5) is 0 Å². The number of nitrogens with zero attached hydrogens (tertiary/aromatic N) is 6. The average molecular weight is 1080 g/mol. The normalized spacial score (nSPS) is 10.8. The van der Waals surface area contributed by atoms with Crippen molar-refractivity contribution < 1.29 is 18.9 Å². The van der Waals surface area contributed by atoms with Crippen molar-refractivity contribution in [3.8, 4) is 0 Å². The minimum atomic E-state index is 0.314. The molecule has 0 aliphatic carbocycles. The van der Waals surface area contributed by atoms with E-state index in [1.807, 2.05) is 147 Å². The van der Waals surface area contributed by atoms with Crippen LogP contribution < -0.4 is 0 Å². The van der Waals surface area contributed by atoms with E-state index in [1.54, 1.807) is 26.7 Å². The highest BCUT2D eigenvalue weighted by atomic mass is 32.2. The van der Waals surface area contributed by atoms with E-state index in [2.05, 4.69) is 140 Å². The Labute approximate surface area is 462 Å². The van der Waals surface area contributed by atoms with Crippen LogP contribution in [0.5, 0.6) is 0 Å². The SMILES string of the molecule is CC(C)OCCc1ccccn1.CC(C)OCCn1ccnc1.CC(C)SCCc1ccccn1.CC(C)SCCn1ccnc1.COCC(C)(C)C.COCC(C)C.CSCC(C)(C)C.CSCC(C)C. The summed E-state index contributed by atoms with van der Waals surface area (Å²) in [6.07, 6.45) is 21.8. The molecule has 4 aromatic heterocycles. The van der Waals surface area contributed by atoms with Crippen LogP contribution in [-0.4, -0.2) is 128 Å². The number of ether oxygens (including phenoxy) is 4. The van der Waals surface area contributed by atoms with Crippen LogP contribution in [0.3, 0.4) is 0 Å². The van der Waals surface area contributed by atoms with Gasteiger partial charge in [-0.15, -0.1) is 0 Å². The Balaban J connectivity index is -0.000000373. The van der Waals surface area contributed by atoms with E-state index in [0.29, 0.717) is 29.0 Å². The van der Waals surface area contributed by atoms with Crippen LogP contribution in [0.15, 0.2) is 86.2 Å². The number of aryl methyl sites for hydroxylation is 2. The Morgan fingerprint density at radius 2 is 1.03 bits per heavy atom. The number of hydrogen-bond donors (Lipinski definition) is 0. The molecule has 4 heterocycles. The van der Waals surface area contributed by atoms with Crippen molar-refractivity contribution >= 4 is 47.0 Å². The standard InChI is InChI=1S/C10H15NO.C10H15NS.C8H14N2O.C8H14N2S.C6H14O.C6H14S.C5H12O.C5H12S/c2*1-9(2)12-8-6-10-5-3-4-7-11-10;2*1-8(2)11-6-5-10-4-3-9-7-10;2*1-6(2,3)5-7-4;2*1-5(2)4-6-3/h2*3-5,7,9H,6,8H2,1-2H3;2*3-4,7-8H,5-6H2,1-2H3;2*5H2,1-4H3;2*5H,4H2,1-3H3. The molecular weight excluding hydrogens is 973 g/mol. The van der Waals surface area contributed by atoms with Gasteiger partial charge in [0.15, 0.2) is 0 Å². The molecule has 4 rings (SSSR count). The van der Waals surface area contributed by atoms with E-state index < -0.39 is 0 Å². The quantitative estimate of drug-likeness (QED) is 0.0749. The number of imidazole rings is 2. The molecule has 0 aliphatic heterocycles. The first kappa shape index (κ1) is 76.5. The fourth-order valence-electron chi connectivity index (χ4n) is 5.05. The zero-order valence-corrected chi connectivity index (χ0v) is 53.2. The maximum absolute atomic E-state index is 5.41. The molecule has 0 bridgehead atoms. The van der Waals surface area contributed by atoms with Gasteiger partial charge in [0.1, 0.15) is 0 Å². The summed E-state index contributed by atoms with van der Waals surface area (Å²) in [5, 5.41) is 1.47. The fourth-order valence-corrected chi connectivity index (χ4v) is 8.17. The molecule has 0 unspecified atom stereocenters. The second-order valence-electron chi connectivity index (χ2n) is 21.1. The van der Waals surface area contributed by atoms with Gasteiger partial charge in [0, 0.05) is 94.7 Å². The molecule has 4 aromatic rings. The topological polar surface area (TPSA) is 98.3 Å². The summed E-state index contributed by atoms with van der Waals surface area (Å²) in [5.41, 5.74) is 3.14. The van der Waals surface area contributed by atoms with Crippen molar-refractivity contribution in [1.82, 2.24) is 29.1 Å². The summed E-state index contributed by atoms with van der Waals surface area (Å²) in [6.45, 7) is 44.2. The van der Waals surface area contributed by atoms with Crippen LogP contribution in [0, 0.1) is 22.7 Å². The molecule has 72 heavy (non-hydrogen) atoms. The predicted octanol–water partition coefficient (Wildman–Crippen LogP) is 15.5. The molecule has 0 spiro atoms. The van der Waals surface area contributed by atoms with Gasteiger partial charge in [-0.2, -0.15) is 47.0 Å². The largest absolute Gasteiger partial charge is 0.384 e. The average Bonchev–Trinajstić information content (AvgIpc) is 4.00. The van der Waals surface area contributed by atoms with Crippen molar-refractivity contribution in [3.05, 3.63) is 97.6 Å². The molecule has 0 aliphatic rings. The Hall–Kier alpha value is -2.04. The molecule has 0 saturated heterocycles. The molecule has 0 saturated carbocycles. The van der Waals surface area contributed by atoms with Crippen molar-refractivity contribution in [2.24, 2.45) is 22.7 Å². The zero-order valence-electron chi connectivity index (χ0n) is 50.0. The minimum absolute atomic E-state index is 0.314. The lowest BCUT2D eigenvalue weighted by Gasteiger charge is -2.15. The van der Waals surface area contributed by atoms with Gasteiger partial charge in [0.05, 0.1) is 44.7 Å². The second kappa shape index (κ2) is 52.4. The van der Waals surface area contributed by atoms with Gasteiger partial charge in [-0.05, 0) is 121 Å². The lowest BCUT2D eigenvalue weighted by atomic mass is 9.99. The van der Waals surface area contributed by atoms with Crippen molar-refractivity contribution in [2.75, 3.05) is 76.2 Å². The third-order valence-corrected chi connectivity index (χ3v) is 12.3. The number of methoxy groups -OCH3 is 2. The van der Waals surface area contributed by atoms with E-state index in [1.165, 1.54) is 28.7 Å². The van der Waals surface area contributed by atoms with Crippen LogP contribution in [0.25, 0.3) is 0 Å². The lowest BCUT2D eigenvalue weighted by molar-refractivity contribution is 0.0727. The highest BCUT2D eigenvalue weighted by Crippen LogP contribution is 2.17. The van der Waals surface area contributed by atoms with E-state index in [9.17, 15) is 0 Å². The van der Waals surface area contributed by atoms with Gasteiger partial charge < -0.3 is 28.1 Å². The zero-order chi connectivity index (χ0) is 55.6. The van der Waals surface area contributed by atoms with Crippen molar-refractivity contribution in [1.29, 1.82) is 0 Å². The third-order valence-electron chi connectivity index (χ3n) is 7.95. The Morgan fingerprint density at radius 1 is 0.542 bits per heavy atom. The monoisotopic (exact) mass is 1080 g/mol. The van der Waals surface area contributed by atoms with Crippen molar-refractivity contribution in [2.45, 2.75) is 173 Å². The van der Waals surface area contributed by atoms with Gasteiger partial charge in [0.2, 0.25) is 0 Å². The van der Waals surface area contributed by atoms with Crippen LogP contribution in [0.2, 0.25) is 0 Å². The highest BCUT2D eigenvalue weighted by molar-refractivity contribution is 8.00. The summed E-state index contributed by atoms with van der Waals surface area (Å²) < 4.78 is 24.6. The van der Waals surface area contributed by atoms with Gasteiger partial charge in [-0.1, -0.05) is 109 Å². The molecule has 0 N–H and O–H groups in total. The first-order chi connectivity index (χ1) is 33.8. The summed E-state index contributed by atoms with van der Waals surface area (Å²) in [7, 11) is 3.45. The Morgan fingerprint density at radius 3 is 1.32 bits per heavy atom. The maximum Gasteiger partial charge on any atom is 0.0946 e. The summed E-state index contributed by atoms with van der Waals surface area (Å²) in [4.78, 5) is 16.4. The molecule has 0 fully saturated rings. The Kier molecular flexibility index (Phi) is 55.7. The van der Waals surface area contributed by atoms with E-state index in [-0.39, 0.29) is 0 Å². The fraction of sp³-hybridized carbons (Fsp3) is 0.724. The molecule has 0 atom stereocenters. The number of hydrogen-bond acceptors (Lipinski definition) is 12. The van der Waals surface area contributed by atoms with Gasteiger partial charge in [-0.3, -0.25) is 9.97 Å². The van der Waals surface area contributed by atoms with Crippen LogP contribution in [-0.2, 0) is 44.9 Å². The van der Waals surface area contributed by atoms with Gasteiger partial charge >= 0.3 is 0 Å². The molecule has 14 heteroatoms. The number of rotatable bonds is 22. The van der Waals surface area contributed by atoms with Crippen LogP contribution in [0.1, 0.15) is 136 Å². The molecule has 420 valence electrons. The Bertz CT molecular complexity index is 1470. The summed E-state index contributed by atoms with van der Waals surface area (Å²) in [5.74, 6) is 6.44.